The van der Waals surface area contributed by atoms with Crippen LogP contribution in [-0.4, -0.2) is 156 Å². The average molecular weight is 865 g/mol. The second kappa shape index (κ2) is 35.1. The molecule has 4 amide bonds. The van der Waals surface area contributed by atoms with Gasteiger partial charge in [0.25, 0.3) is 0 Å². The first-order valence-corrected chi connectivity index (χ1v) is 22.4. The molecule has 1 heterocycles. The minimum atomic E-state index is -0.585. The number of hydrogen-bond acceptors (Lipinski definition) is 10. The van der Waals surface area contributed by atoms with Crippen LogP contribution in [0, 0.1) is 24.7 Å². The van der Waals surface area contributed by atoms with E-state index in [0.29, 0.717) is 25.4 Å². The van der Waals surface area contributed by atoms with E-state index in [0.717, 1.165) is 32.4 Å². The number of nitrogens with zero attached hydrogens (tertiary/aromatic N) is 3. The van der Waals surface area contributed by atoms with Crippen molar-refractivity contribution in [1.82, 2.24) is 30.7 Å². The summed E-state index contributed by atoms with van der Waals surface area (Å²) in [6, 6.07) is 9.19. The quantitative estimate of drug-likeness (QED) is 0.0967. The molecule has 61 heavy (non-hydrogen) atoms. The van der Waals surface area contributed by atoms with E-state index in [1.54, 1.807) is 23.8 Å². The zero-order valence-corrected chi connectivity index (χ0v) is 41.0. The van der Waals surface area contributed by atoms with Crippen LogP contribution in [-0.2, 0) is 38.2 Å². The van der Waals surface area contributed by atoms with E-state index in [-0.39, 0.29) is 67.1 Å². The van der Waals surface area contributed by atoms with E-state index in [1.807, 2.05) is 71.9 Å². The Kier molecular flexibility index (Phi) is 34.3. The number of amides is 4. The Balaban J connectivity index is 0. The van der Waals surface area contributed by atoms with Gasteiger partial charge in [-0.25, -0.2) is 0 Å². The maximum Gasteiger partial charge on any atom is 0.242 e. The Hall–Kier alpha value is -3.43. The molecule has 2 rings (SSSR count). The van der Waals surface area contributed by atoms with Gasteiger partial charge in [-0.1, -0.05) is 97.2 Å². The second-order valence-electron chi connectivity index (χ2n) is 16.7. The minimum Gasteiger partial charge on any atom is -0.379 e. The van der Waals surface area contributed by atoms with E-state index in [4.69, 9.17) is 14.2 Å². The van der Waals surface area contributed by atoms with Crippen LogP contribution in [0.15, 0.2) is 30.3 Å². The van der Waals surface area contributed by atoms with Crippen LogP contribution in [0.3, 0.4) is 0 Å². The molecule has 0 aromatic heterocycles. The van der Waals surface area contributed by atoms with E-state index in [9.17, 15) is 24.0 Å². The smallest absolute Gasteiger partial charge is 0.242 e. The predicted octanol–water partition coefficient (Wildman–Crippen LogP) is 5.36. The largest absolute Gasteiger partial charge is 0.379 e. The van der Waals surface area contributed by atoms with Gasteiger partial charge in [0, 0.05) is 34.4 Å². The third kappa shape index (κ3) is 24.1. The predicted molar refractivity (Wildman–Crippen MR) is 247 cm³/mol. The normalized spacial score (nSPS) is 16.3. The lowest BCUT2D eigenvalue weighted by Gasteiger charge is -2.39. The Labute approximate surface area is 370 Å². The third-order valence-corrected chi connectivity index (χ3v) is 10.5. The van der Waals surface area contributed by atoms with Gasteiger partial charge in [0.2, 0.25) is 23.6 Å². The van der Waals surface area contributed by atoms with E-state index in [1.165, 1.54) is 26.2 Å². The summed E-state index contributed by atoms with van der Waals surface area (Å²) in [5, 5.41) is 8.42. The van der Waals surface area contributed by atoms with Gasteiger partial charge >= 0.3 is 0 Å². The fraction of sp³-hybridized carbons (Fsp3) is 0.766. The first-order valence-electron chi connectivity index (χ1n) is 22.4. The van der Waals surface area contributed by atoms with Crippen molar-refractivity contribution in [1.29, 1.82) is 0 Å². The summed E-state index contributed by atoms with van der Waals surface area (Å²) < 4.78 is 16.9. The molecule has 1 aliphatic rings. The Morgan fingerprint density at radius 1 is 0.918 bits per heavy atom. The SMILES string of the molecule is CCC.CC[C@H](C)[C@@H](C(CC(=O)N1CCCC1C(OC)C(C)C(=O)NCC=O)OC)N(C)C(=O)CNC(=O)C(C(C)C)N(C)C.CNCCCOC(C)C.Cc1ccccc1. The molecule has 1 fully saturated rings. The molecule has 1 aromatic rings. The third-order valence-electron chi connectivity index (χ3n) is 10.5. The first-order chi connectivity index (χ1) is 28.8. The summed E-state index contributed by atoms with van der Waals surface area (Å²) in [5.41, 5.74) is 1.32. The van der Waals surface area contributed by atoms with Crippen LogP contribution < -0.4 is 16.0 Å². The van der Waals surface area contributed by atoms with Gasteiger partial charge in [-0.15, -0.1) is 0 Å². The molecule has 0 aliphatic carbocycles. The molecule has 1 aliphatic heterocycles. The number of carbonyl (C=O) groups is 5. The molecule has 0 saturated carbocycles. The highest BCUT2D eigenvalue weighted by Crippen LogP contribution is 2.29. The number of ether oxygens (including phenoxy) is 3. The van der Waals surface area contributed by atoms with Gasteiger partial charge < -0.3 is 44.8 Å². The average Bonchev–Trinajstić information content (AvgIpc) is 3.70. The number of nitrogens with one attached hydrogen (secondary N) is 3. The number of likely N-dealkylation sites (tertiary alicyclic amines) is 1. The highest BCUT2D eigenvalue weighted by Gasteiger charge is 2.42. The molecule has 14 heteroatoms. The van der Waals surface area contributed by atoms with Crippen molar-refractivity contribution in [3.8, 4) is 0 Å². The van der Waals surface area contributed by atoms with E-state index >= 15 is 0 Å². The highest BCUT2D eigenvalue weighted by atomic mass is 16.5. The molecule has 5 unspecified atom stereocenters. The van der Waals surface area contributed by atoms with Crippen molar-refractivity contribution in [3.05, 3.63) is 35.9 Å². The van der Waals surface area contributed by atoms with Gasteiger partial charge in [0.1, 0.15) is 6.29 Å². The van der Waals surface area contributed by atoms with Crippen LogP contribution in [0.5, 0.6) is 0 Å². The zero-order valence-electron chi connectivity index (χ0n) is 41.0. The first kappa shape index (κ1) is 59.7. The van der Waals surface area contributed by atoms with Crippen molar-refractivity contribution < 1.29 is 38.2 Å². The summed E-state index contributed by atoms with van der Waals surface area (Å²) in [5.74, 6) is -1.40. The number of aryl methyl sites for hydroxylation is 1. The summed E-state index contributed by atoms with van der Waals surface area (Å²) in [7, 11) is 10.4. The second-order valence-corrected chi connectivity index (χ2v) is 16.7. The van der Waals surface area contributed by atoms with Gasteiger partial charge in [-0.2, -0.15) is 0 Å². The maximum atomic E-state index is 13.7. The number of aldehydes is 1. The minimum absolute atomic E-state index is 0.0141. The van der Waals surface area contributed by atoms with Crippen LogP contribution in [0.25, 0.3) is 0 Å². The van der Waals surface area contributed by atoms with Crippen LogP contribution in [0.2, 0.25) is 0 Å². The van der Waals surface area contributed by atoms with E-state index in [2.05, 4.69) is 62.7 Å². The van der Waals surface area contributed by atoms with Gasteiger partial charge in [-0.05, 0) is 79.6 Å². The summed E-state index contributed by atoms with van der Waals surface area (Å²) >= 11 is 0. The topological polar surface area (TPSA) is 159 Å². The number of likely N-dealkylation sites (N-methyl/N-ethyl adjacent to an activating group) is 2. The number of methoxy groups -OCH3 is 2. The fourth-order valence-electron chi connectivity index (χ4n) is 7.26. The van der Waals surface area contributed by atoms with Crippen molar-refractivity contribution in [2.24, 2.45) is 17.8 Å². The maximum absolute atomic E-state index is 13.7. The number of carbonyl (C=O) groups excluding carboxylic acids is 5. The fourth-order valence-corrected chi connectivity index (χ4v) is 7.26. The molecule has 354 valence electrons. The molecule has 0 radical (unpaired) electrons. The molecule has 7 atom stereocenters. The van der Waals surface area contributed by atoms with Gasteiger partial charge in [-0.3, -0.25) is 24.1 Å². The number of benzene rings is 1. The molecule has 1 saturated heterocycles. The number of hydrogen-bond donors (Lipinski definition) is 3. The number of rotatable bonds is 23. The van der Waals surface area contributed by atoms with Crippen molar-refractivity contribution in [3.63, 3.8) is 0 Å². The summed E-state index contributed by atoms with van der Waals surface area (Å²) in [6.07, 6.45) is 4.48. The van der Waals surface area contributed by atoms with Crippen LogP contribution in [0.4, 0.5) is 0 Å². The van der Waals surface area contributed by atoms with Gasteiger partial charge in [0.15, 0.2) is 0 Å². The van der Waals surface area contributed by atoms with Crippen LogP contribution in [0.1, 0.15) is 106 Å². The molecule has 0 bridgehead atoms. The lowest BCUT2D eigenvalue weighted by molar-refractivity contribution is -0.146. The molecule has 1 aromatic carbocycles. The summed E-state index contributed by atoms with van der Waals surface area (Å²) in [4.78, 5) is 68.3. The highest BCUT2D eigenvalue weighted by molar-refractivity contribution is 5.87. The monoisotopic (exact) mass is 865 g/mol. The van der Waals surface area contributed by atoms with Crippen LogP contribution >= 0.6 is 0 Å². The summed E-state index contributed by atoms with van der Waals surface area (Å²) in [6.45, 7) is 22.3. The Morgan fingerprint density at radius 2 is 1.52 bits per heavy atom. The van der Waals surface area contributed by atoms with Crippen molar-refractivity contribution in [2.75, 3.05) is 75.2 Å². The molecular formula is C47H88N6O8. The zero-order chi connectivity index (χ0) is 47.1. The van der Waals surface area contributed by atoms with Gasteiger partial charge in [0.05, 0.1) is 61.9 Å². The Bertz CT molecular complexity index is 1310. The molecule has 0 spiro atoms. The van der Waals surface area contributed by atoms with Crippen molar-refractivity contribution in [2.45, 2.75) is 144 Å². The standard InChI is InChI=1S/C30H55N5O7.C7H17NO.C7H8.C3H8/c1-11-20(4)27(34(8)25(38)18-32-30(40)26(19(2)3)33(6)7)23(41-9)17-24(37)35-15-12-13-22(35)28(42-10)21(5)29(39)31-14-16-36;1-7(2)9-6-4-5-8-3;1-7-5-3-2-4-6-7;1-3-2/h16,19-23,26-28H,11-15,17-18H2,1-10H3,(H,31,39)(H,32,40);7-8H,4-6H2,1-3H3;2-6H,1H3;3H2,1-2H3/t20-,21?,22?,23?,26?,27-,28?;;;/m0.../s1. The molecule has 3 N–H and O–H groups in total. The lowest BCUT2D eigenvalue weighted by Crippen LogP contribution is -2.55. The Morgan fingerprint density at radius 3 is 1.97 bits per heavy atom. The van der Waals surface area contributed by atoms with E-state index < -0.39 is 24.2 Å². The molecule has 14 nitrogen and oxygen atoms in total. The molecular weight excluding hydrogens is 777 g/mol. The van der Waals surface area contributed by atoms with Crippen molar-refractivity contribution >= 4 is 29.9 Å². The lowest BCUT2D eigenvalue weighted by atomic mass is 9.90.